The molecule has 1 N–H and O–H groups in total. The van der Waals surface area contributed by atoms with Gasteiger partial charge < -0.3 is 10.2 Å². The molecular formula is C29H32ClFN2O2S. The van der Waals surface area contributed by atoms with Crippen molar-refractivity contribution in [3.05, 3.63) is 106 Å². The lowest BCUT2D eigenvalue weighted by Gasteiger charge is -2.32. The molecule has 3 rings (SSSR count). The summed E-state index contributed by atoms with van der Waals surface area (Å²) >= 11 is 7.45. The van der Waals surface area contributed by atoms with E-state index >= 15 is 0 Å². The molecule has 0 saturated carbocycles. The number of carbonyl (C=O) groups excluding carboxylic acids is 2. The first kappa shape index (κ1) is 27.8. The largest absolute Gasteiger partial charge is 0.352 e. The van der Waals surface area contributed by atoms with Crippen LogP contribution in [0.4, 0.5) is 4.39 Å². The van der Waals surface area contributed by atoms with Gasteiger partial charge in [-0.05, 0) is 44.0 Å². The second-order valence-electron chi connectivity index (χ2n) is 9.07. The maximum Gasteiger partial charge on any atom is 0.243 e. The van der Waals surface area contributed by atoms with E-state index in [2.05, 4.69) is 5.32 Å². The molecule has 36 heavy (non-hydrogen) atoms. The van der Waals surface area contributed by atoms with Crippen LogP contribution in [-0.4, -0.2) is 34.6 Å². The molecule has 0 aliphatic carbocycles. The van der Waals surface area contributed by atoms with Gasteiger partial charge in [0.1, 0.15) is 11.9 Å². The minimum Gasteiger partial charge on any atom is -0.352 e. The van der Waals surface area contributed by atoms with Crippen molar-refractivity contribution in [2.45, 2.75) is 51.6 Å². The first-order chi connectivity index (χ1) is 17.2. The number of nitrogens with one attached hydrogen (secondary N) is 1. The number of nitrogens with zero attached hydrogens (tertiary/aromatic N) is 1. The second kappa shape index (κ2) is 13.5. The number of halogens is 2. The Hall–Kier alpha value is -2.83. The molecular weight excluding hydrogens is 495 g/mol. The minimum absolute atomic E-state index is 0.0655. The van der Waals surface area contributed by atoms with E-state index in [-0.39, 0.29) is 29.4 Å². The Bertz CT molecular complexity index is 1150. The zero-order valence-corrected chi connectivity index (χ0v) is 22.4. The van der Waals surface area contributed by atoms with Crippen LogP contribution in [0.3, 0.4) is 0 Å². The Labute approximate surface area is 222 Å². The third-order valence-electron chi connectivity index (χ3n) is 5.67. The lowest BCUT2D eigenvalue weighted by Crippen LogP contribution is -2.52. The number of amides is 2. The highest BCUT2D eigenvalue weighted by Gasteiger charge is 2.30. The van der Waals surface area contributed by atoms with E-state index in [0.29, 0.717) is 23.6 Å². The van der Waals surface area contributed by atoms with E-state index in [0.717, 1.165) is 16.7 Å². The van der Waals surface area contributed by atoms with Crippen LogP contribution in [0.15, 0.2) is 72.8 Å². The quantitative estimate of drug-likeness (QED) is 0.324. The summed E-state index contributed by atoms with van der Waals surface area (Å²) in [5.74, 6) is -0.420. The fourth-order valence-electron chi connectivity index (χ4n) is 3.94. The molecule has 0 fully saturated rings. The van der Waals surface area contributed by atoms with Crippen LogP contribution in [-0.2, 0) is 28.3 Å². The summed E-state index contributed by atoms with van der Waals surface area (Å²) in [5, 5.41) is 3.32. The highest BCUT2D eigenvalue weighted by molar-refractivity contribution is 7.99. The molecule has 190 valence electrons. The molecule has 0 saturated heterocycles. The van der Waals surface area contributed by atoms with Gasteiger partial charge in [-0.1, -0.05) is 77.8 Å². The molecule has 1 atom stereocenters. The predicted octanol–water partition coefficient (Wildman–Crippen LogP) is 6.19. The van der Waals surface area contributed by atoms with Gasteiger partial charge in [0.05, 0.1) is 5.75 Å². The number of rotatable bonds is 11. The standard InChI is InChI=1S/C29H32ClFN2O2S/c1-20(2)32-29(35)27(16-22-10-5-4-6-11-22)33(17-23-12-7-9-21(3)15-23)28(34)19-36-18-24-25(30)13-8-14-26(24)31/h4-15,20,27H,16-19H2,1-3H3,(H,32,35)/t27-/m1/s1. The third kappa shape index (κ3) is 8.10. The number of hydrogen-bond acceptors (Lipinski definition) is 3. The van der Waals surface area contributed by atoms with Gasteiger partial charge in [-0.3, -0.25) is 9.59 Å². The monoisotopic (exact) mass is 526 g/mol. The number of thioether (sulfide) groups is 1. The maximum atomic E-state index is 14.2. The van der Waals surface area contributed by atoms with Crippen LogP contribution in [0.1, 0.15) is 36.1 Å². The SMILES string of the molecule is Cc1cccc(CN(C(=O)CSCc2c(F)cccc2Cl)[C@H](Cc2ccccc2)C(=O)NC(C)C)c1. The summed E-state index contributed by atoms with van der Waals surface area (Å²) < 4.78 is 14.2. The van der Waals surface area contributed by atoms with E-state index in [9.17, 15) is 14.0 Å². The van der Waals surface area contributed by atoms with Crippen molar-refractivity contribution in [2.75, 3.05) is 5.75 Å². The van der Waals surface area contributed by atoms with Gasteiger partial charge >= 0.3 is 0 Å². The van der Waals surface area contributed by atoms with Crippen LogP contribution >= 0.6 is 23.4 Å². The normalized spacial score (nSPS) is 11.8. The fraction of sp³-hybridized carbons (Fsp3) is 0.310. The maximum absolute atomic E-state index is 14.2. The summed E-state index contributed by atoms with van der Waals surface area (Å²) in [7, 11) is 0. The van der Waals surface area contributed by atoms with E-state index in [1.165, 1.54) is 17.8 Å². The Balaban J connectivity index is 1.87. The molecule has 0 radical (unpaired) electrons. The van der Waals surface area contributed by atoms with Gasteiger partial charge in [0.15, 0.2) is 0 Å². The minimum atomic E-state index is -0.694. The molecule has 0 heterocycles. The average Bonchev–Trinajstić information content (AvgIpc) is 2.83. The second-order valence-corrected chi connectivity index (χ2v) is 10.5. The van der Waals surface area contributed by atoms with Crippen molar-refractivity contribution in [1.29, 1.82) is 0 Å². The highest BCUT2D eigenvalue weighted by Crippen LogP contribution is 2.25. The number of carbonyl (C=O) groups is 2. The zero-order chi connectivity index (χ0) is 26.1. The number of hydrogen-bond donors (Lipinski definition) is 1. The van der Waals surface area contributed by atoms with Crippen LogP contribution in [0.5, 0.6) is 0 Å². The third-order valence-corrected chi connectivity index (χ3v) is 6.97. The van der Waals surface area contributed by atoms with Crippen molar-refractivity contribution in [2.24, 2.45) is 0 Å². The van der Waals surface area contributed by atoms with Crippen molar-refractivity contribution in [3.8, 4) is 0 Å². The fourth-order valence-corrected chi connectivity index (χ4v) is 5.18. The van der Waals surface area contributed by atoms with Crippen molar-refractivity contribution in [3.63, 3.8) is 0 Å². The number of benzene rings is 3. The highest BCUT2D eigenvalue weighted by atomic mass is 35.5. The molecule has 7 heteroatoms. The molecule has 0 bridgehead atoms. The first-order valence-electron chi connectivity index (χ1n) is 11.9. The van der Waals surface area contributed by atoms with Gasteiger partial charge in [0, 0.05) is 35.3 Å². The summed E-state index contributed by atoms with van der Waals surface area (Å²) in [5.41, 5.74) is 3.37. The van der Waals surface area contributed by atoms with Crippen LogP contribution < -0.4 is 5.32 Å². The molecule has 0 spiro atoms. The van der Waals surface area contributed by atoms with Crippen LogP contribution in [0.2, 0.25) is 5.02 Å². The molecule has 0 aliphatic heterocycles. The summed E-state index contributed by atoms with van der Waals surface area (Å²) in [4.78, 5) is 28.6. The smallest absolute Gasteiger partial charge is 0.243 e. The molecule has 2 amide bonds. The molecule has 4 nitrogen and oxygen atoms in total. The topological polar surface area (TPSA) is 49.4 Å². The Morgan fingerprint density at radius 2 is 1.69 bits per heavy atom. The molecule has 0 aromatic heterocycles. The molecule has 0 aliphatic rings. The van der Waals surface area contributed by atoms with E-state index in [4.69, 9.17) is 11.6 Å². The van der Waals surface area contributed by atoms with Crippen molar-refractivity contribution >= 4 is 35.2 Å². The Morgan fingerprint density at radius 1 is 1.00 bits per heavy atom. The molecule has 3 aromatic carbocycles. The van der Waals surface area contributed by atoms with E-state index in [1.54, 1.807) is 17.0 Å². The molecule has 3 aromatic rings. The van der Waals surface area contributed by atoms with Gasteiger partial charge in [0.25, 0.3) is 0 Å². The van der Waals surface area contributed by atoms with Crippen molar-refractivity contribution in [1.82, 2.24) is 10.2 Å². The molecule has 0 unspecified atom stereocenters. The van der Waals surface area contributed by atoms with Gasteiger partial charge in [-0.25, -0.2) is 4.39 Å². The van der Waals surface area contributed by atoms with Crippen molar-refractivity contribution < 1.29 is 14.0 Å². The van der Waals surface area contributed by atoms with Crippen LogP contribution in [0, 0.1) is 12.7 Å². The van der Waals surface area contributed by atoms with Crippen LogP contribution in [0.25, 0.3) is 0 Å². The Morgan fingerprint density at radius 3 is 2.36 bits per heavy atom. The number of aryl methyl sites for hydroxylation is 1. The zero-order valence-electron chi connectivity index (χ0n) is 20.8. The summed E-state index contributed by atoms with van der Waals surface area (Å²) in [6.07, 6.45) is 0.390. The average molecular weight is 527 g/mol. The first-order valence-corrected chi connectivity index (χ1v) is 13.5. The van der Waals surface area contributed by atoms with Gasteiger partial charge in [-0.15, -0.1) is 11.8 Å². The van der Waals surface area contributed by atoms with E-state index < -0.39 is 11.9 Å². The summed E-state index contributed by atoms with van der Waals surface area (Å²) in [6, 6.07) is 21.4. The predicted molar refractivity (Wildman–Crippen MR) is 147 cm³/mol. The van der Waals surface area contributed by atoms with E-state index in [1.807, 2.05) is 75.4 Å². The summed E-state index contributed by atoms with van der Waals surface area (Å²) in [6.45, 7) is 6.09. The van der Waals surface area contributed by atoms with Gasteiger partial charge in [-0.2, -0.15) is 0 Å². The lowest BCUT2D eigenvalue weighted by atomic mass is 10.0. The van der Waals surface area contributed by atoms with Gasteiger partial charge in [0.2, 0.25) is 11.8 Å². The Kier molecular flexibility index (Phi) is 10.4. The lowest BCUT2D eigenvalue weighted by molar-refractivity contribution is -0.139.